The molecular weight excluding hydrogens is 419 g/mol. The molecule has 1 aromatic carbocycles. The molecule has 2 heterocycles. The molecule has 10 heteroatoms. The van der Waals surface area contributed by atoms with Crippen LogP contribution in [0.15, 0.2) is 37.1 Å². The molecule has 0 radical (unpaired) electrons. The van der Waals surface area contributed by atoms with Crippen LogP contribution in [0.1, 0.15) is 41.6 Å². The number of hydrogen-bond acceptors (Lipinski definition) is 4. The number of carbonyl (C=O) groups excluding carboxylic acids is 1. The molecule has 3 aromatic rings. The van der Waals surface area contributed by atoms with Gasteiger partial charge in [0.05, 0.1) is 28.7 Å². The van der Waals surface area contributed by atoms with Crippen molar-refractivity contribution in [3.8, 4) is 0 Å². The molecule has 0 aliphatic heterocycles. The SMILES string of the molecule is O=C(N[C@H]1CC[C@H](Cn2cnc3cncnc32)CC1)c1cc(C(F)(F)F)ccc1Cl. The number of amides is 1. The summed E-state index contributed by atoms with van der Waals surface area (Å²) < 4.78 is 40.8. The van der Waals surface area contributed by atoms with Gasteiger partial charge in [-0.3, -0.25) is 4.79 Å². The second kappa shape index (κ2) is 8.22. The van der Waals surface area contributed by atoms with E-state index >= 15 is 0 Å². The number of imidazole rings is 1. The van der Waals surface area contributed by atoms with Gasteiger partial charge in [-0.1, -0.05) is 11.6 Å². The van der Waals surface area contributed by atoms with Crippen molar-refractivity contribution in [2.75, 3.05) is 0 Å². The van der Waals surface area contributed by atoms with Gasteiger partial charge in [-0.15, -0.1) is 0 Å². The smallest absolute Gasteiger partial charge is 0.349 e. The van der Waals surface area contributed by atoms with Crippen molar-refractivity contribution in [1.82, 2.24) is 24.8 Å². The van der Waals surface area contributed by atoms with Crippen molar-refractivity contribution >= 4 is 28.7 Å². The van der Waals surface area contributed by atoms with Gasteiger partial charge in [0.1, 0.15) is 11.8 Å². The van der Waals surface area contributed by atoms with Crippen molar-refractivity contribution in [2.24, 2.45) is 5.92 Å². The van der Waals surface area contributed by atoms with Gasteiger partial charge >= 0.3 is 6.18 Å². The summed E-state index contributed by atoms with van der Waals surface area (Å²) >= 11 is 5.96. The minimum Gasteiger partial charge on any atom is -0.349 e. The third-order valence-corrected chi connectivity index (χ3v) is 5.79. The van der Waals surface area contributed by atoms with Crippen LogP contribution >= 0.6 is 11.6 Å². The van der Waals surface area contributed by atoms with Crippen LogP contribution in [-0.4, -0.2) is 31.5 Å². The molecule has 2 aromatic heterocycles. The van der Waals surface area contributed by atoms with Crippen LogP contribution < -0.4 is 5.32 Å². The van der Waals surface area contributed by atoms with Gasteiger partial charge in [0, 0.05) is 12.6 Å². The summed E-state index contributed by atoms with van der Waals surface area (Å²) in [6, 6.07) is 2.68. The van der Waals surface area contributed by atoms with E-state index in [9.17, 15) is 18.0 Å². The summed E-state index contributed by atoms with van der Waals surface area (Å²) in [5, 5.41) is 2.84. The lowest BCUT2D eigenvalue weighted by molar-refractivity contribution is -0.137. The molecule has 30 heavy (non-hydrogen) atoms. The van der Waals surface area contributed by atoms with Crippen LogP contribution in [0.5, 0.6) is 0 Å². The van der Waals surface area contributed by atoms with E-state index < -0.39 is 17.6 Å². The molecule has 158 valence electrons. The molecule has 1 saturated carbocycles. The Labute approximate surface area is 175 Å². The van der Waals surface area contributed by atoms with E-state index in [1.54, 1.807) is 12.5 Å². The minimum absolute atomic E-state index is 0.00293. The first-order valence-corrected chi connectivity index (χ1v) is 9.97. The topological polar surface area (TPSA) is 72.7 Å². The van der Waals surface area contributed by atoms with E-state index in [1.807, 2.05) is 4.57 Å². The lowest BCUT2D eigenvalue weighted by atomic mass is 9.86. The molecule has 0 bridgehead atoms. The summed E-state index contributed by atoms with van der Waals surface area (Å²) in [7, 11) is 0. The minimum atomic E-state index is -4.53. The standard InChI is InChI=1S/C20H19ClF3N5O/c21-16-6-3-13(20(22,23)24)7-15(16)19(30)28-14-4-1-12(2-5-14)9-29-11-27-17-8-25-10-26-18(17)29/h3,6-8,10-12,14H,1-2,4-5,9H2,(H,28,30)/t12-,14-. The zero-order chi connectivity index (χ0) is 21.3. The highest BCUT2D eigenvalue weighted by molar-refractivity contribution is 6.33. The Morgan fingerprint density at radius 3 is 2.70 bits per heavy atom. The Hall–Kier alpha value is -2.68. The van der Waals surface area contributed by atoms with Gasteiger partial charge in [-0.05, 0) is 49.8 Å². The highest BCUT2D eigenvalue weighted by Crippen LogP contribution is 2.32. The third-order valence-electron chi connectivity index (χ3n) is 5.46. The van der Waals surface area contributed by atoms with E-state index in [0.29, 0.717) is 5.92 Å². The highest BCUT2D eigenvalue weighted by Gasteiger charge is 2.32. The van der Waals surface area contributed by atoms with E-state index in [4.69, 9.17) is 11.6 Å². The largest absolute Gasteiger partial charge is 0.416 e. The molecule has 1 aliphatic rings. The molecular formula is C20H19ClF3N5O. The Balaban J connectivity index is 1.35. The Bertz CT molecular complexity index is 1060. The maximum atomic E-state index is 12.9. The fraction of sp³-hybridized carbons (Fsp3) is 0.400. The predicted octanol–water partition coefficient (Wildman–Crippen LogP) is 4.49. The number of alkyl halides is 3. The molecule has 4 rings (SSSR count). The first-order valence-electron chi connectivity index (χ1n) is 9.59. The van der Waals surface area contributed by atoms with Gasteiger partial charge in [0.15, 0.2) is 5.65 Å². The number of nitrogens with one attached hydrogen (secondary N) is 1. The number of nitrogens with zero attached hydrogens (tertiary/aromatic N) is 4. The molecule has 1 N–H and O–H groups in total. The summed E-state index contributed by atoms with van der Waals surface area (Å²) in [6.45, 7) is 0.771. The lowest BCUT2D eigenvalue weighted by Gasteiger charge is -2.29. The molecule has 0 atom stereocenters. The molecule has 0 unspecified atom stereocenters. The van der Waals surface area contributed by atoms with E-state index in [-0.39, 0.29) is 16.6 Å². The Kier molecular flexibility index (Phi) is 5.64. The zero-order valence-electron chi connectivity index (χ0n) is 15.9. The van der Waals surface area contributed by atoms with Crippen LogP contribution in [0.2, 0.25) is 5.02 Å². The third kappa shape index (κ3) is 4.40. The number of rotatable bonds is 4. The summed E-state index contributed by atoms with van der Waals surface area (Å²) in [4.78, 5) is 25.0. The van der Waals surface area contributed by atoms with Gasteiger partial charge in [-0.2, -0.15) is 13.2 Å². The maximum absolute atomic E-state index is 12.9. The summed E-state index contributed by atoms with van der Waals surface area (Å²) in [5.74, 6) is -0.172. The van der Waals surface area contributed by atoms with Crippen LogP contribution in [0.25, 0.3) is 11.2 Å². The van der Waals surface area contributed by atoms with Crippen LogP contribution in [0, 0.1) is 5.92 Å². The molecule has 0 spiro atoms. The average Bonchev–Trinajstić information content (AvgIpc) is 3.12. The predicted molar refractivity (Wildman–Crippen MR) is 105 cm³/mol. The molecule has 1 fully saturated rings. The fourth-order valence-corrected chi connectivity index (χ4v) is 4.06. The van der Waals surface area contributed by atoms with Gasteiger partial charge in [-0.25, -0.2) is 15.0 Å². The number of carbonyl (C=O) groups is 1. The summed E-state index contributed by atoms with van der Waals surface area (Å²) in [5.41, 5.74) is 0.492. The van der Waals surface area contributed by atoms with Gasteiger partial charge in [0.25, 0.3) is 5.91 Å². The number of hydrogen-bond donors (Lipinski definition) is 1. The normalized spacial score (nSPS) is 19.7. The first kappa shape index (κ1) is 20.6. The average molecular weight is 438 g/mol. The van der Waals surface area contributed by atoms with E-state index in [1.165, 1.54) is 6.33 Å². The first-order chi connectivity index (χ1) is 14.3. The van der Waals surface area contributed by atoms with E-state index in [0.717, 1.165) is 61.6 Å². The quantitative estimate of drug-likeness (QED) is 0.652. The van der Waals surface area contributed by atoms with Crippen molar-refractivity contribution in [1.29, 1.82) is 0 Å². The number of benzene rings is 1. The van der Waals surface area contributed by atoms with Crippen LogP contribution in [0.4, 0.5) is 13.2 Å². The molecule has 6 nitrogen and oxygen atoms in total. The molecule has 1 amide bonds. The number of halogens is 4. The van der Waals surface area contributed by atoms with Crippen molar-refractivity contribution in [2.45, 2.75) is 44.4 Å². The molecule has 1 aliphatic carbocycles. The van der Waals surface area contributed by atoms with Crippen LogP contribution in [0.3, 0.4) is 0 Å². The van der Waals surface area contributed by atoms with Crippen molar-refractivity contribution in [3.63, 3.8) is 0 Å². The van der Waals surface area contributed by atoms with Crippen molar-refractivity contribution in [3.05, 3.63) is 53.2 Å². The Morgan fingerprint density at radius 2 is 1.97 bits per heavy atom. The van der Waals surface area contributed by atoms with Crippen molar-refractivity contribution < 1.29 is 18.0 Å². The monoisotopic (exact) mass is 437 g/mol. The fourth-order valence-electron chi connectivity index (χ4n) is 3.85. The second-order valence-corrected chi connectivity index (χ2v) is 7.92. The Morgan fingerprint density at radius 1 is 1.20 bits per heavy atom. The number of aromatic nitrogens is 4. The second-order valence-electron chi connectivity index (χ2n) is 7.51. The van der Waals surface area contributed by atoms with Gasteiger partial charge < -0.3 is 9.88 Å². The number of fused-ring (bicyclic) bond motifs is 1. The van der Waals surface area contributed by atoms with Gasteiger partial charge in [0.2, 0.25) is 0 Å². The highest BCUT2D eigenvalue weighted by atomic mass is 35.5. The van der Waals surface area contributed by atoms with Crippen LogP contribution in [-0.2, 0) is 12.7 Å². The maximum Gasteiger partial charge on any atom is 0.416 e. The van der Waals surface area contributed by atoms with E-state index in [2.05, 4.69) is 20.3 Å². The zero-order valence-corrected chi connectivity index (χ0v) is 16.6. The summed E-state index contributed by atoms with van der Waals surface area (Å²) in [6.07, 6.45) is 3.64. The molecule has 0 saturated heterocycles. The lowest BCUT2D eigenvalue weighted by Crippen LogP contribution is -2.38.